The van der Waals surface area contributed by atoms with Crippen molar-refractivity contribution in [2.45, 2.75) is 38.8 Å². The quantitative estimate of drug-likeness (QED) is 0.492. The zero-order valence-corrected chi connectivity index (χ0v) is 18.1. The second-order valence-corrected chi connectivity index (χ2v) is 9.01. The molecule has 4 rings (SSSR count). The molecule has 1 aromatic carbocycles. The van der Waals surface area contributed by atoms with E-state index in [1.54, 1.807) is 6.07 Å². The van der Waals surface area contributed by atoms with Crippen LogP contribution in [0.4, 0.5) is 10.6 Å². The van der Waals surface area contributed by atoms with Crippen molar-refractivity contribution in [3.63, 3.8) is 0 Å². The molecule has 0 spiro atoms. The lowest BCUT2D eigenvalue weighted by Crippen LogP contribution is -2.37. The molecule has 148 valence electrons. The number of carbonyl (C=O) groups excluding carboxylic acids is 1. The Morgan fingerprint density at radius 2 is 2.00 bits per heavy atom. The number of carbonyl (C=O) groups is 1. The summed E-state index contributed by atoms with van der Waals surface area (Å²) in [5, 5.41) is 0.246. The fourth-order valence-electron chi connectivity index (χ4n) is 3.37. The standard InChI is InChI=1S/C20H20BrClN2O4/c1-20(2,3)28-19(25)24-8-11-5-4-6-14-16(11)12(9-26-14)10-27-15-7-13(21)17(22)23-18(15)24/h4-7,12H,8-10H2,1-3H3/t12-/m1/s1. The van der Waals surface area contributed by atoms with E-state index in [9.17, 15) is 4.79 Å². The molecule has 1 amide bonds. The maximum Gasteiger partial charge on any atom is 0.416 e. The van der Waals surface area contributed by atoms with E-state index in [4.69, 9.17) is 25.8 Å². The molecule has 0 bridgehead atoms. The summed E-state index contributed by atoms with van der Waals surface area (Å²) >= 11 is 9.62. The number of ether oxygens (including phenoxy) is 3. The Hall–Kier alpha value is -1.99. The van der Waals surface area contributed by atoms with E-state index in [-0.39, 0.29) is 17.6 Å². The van der Waals surface area contributed by atoms with Crippen LogP contribution in [-0.2, 0) is 11.3 Å². The van der Waals surface area contributed by atoms with Gasteiger partial charge in [0.2, 0.25) is 0 Å². The first-order chi connectivity index (χ1) is 13.2. The maximum absolute atomic E-state index is 13.1. The van der Waals surface area contributed by atoms with Gasteiger partial charge in [-0.1, -0.05) is 23.7 Å². The highest BCUT2D eigenvalue weighted by molar-refractivity contribution is 9.10. The highest BCUT2D eigenvalue weighted by Crippen LogP contribution is 2.42. The number of pyridine rings is 1. The van der Waals surface area contributed by atoms with Crippen LogP contribution < -0.4 is 14.4 Å². The minimum absolute atomic E-state index is 0.0760. The third-order valence-corrected chi connectivity index (χ3v) is 5.64. The van der Waals surface area contributed by atoms with Gasteiger partial charge in [0.1, 0.15) is 16.5 Å². The van der Waals surface area contributed by atoms with Crippen LogP contribution in [0, 0.1) is 0 Å². The molecule has 0 aliphatic carbocycles. The molecule has 0 fully saturated rings. The molecule has 2 aliphatic heterocycles. The number of anilines is 1. The van der Waals surface area contributed by atoms with Crippen LogP contribution in [0.15, 0.2) is 28.7 Å². The Morgan fingerprint density at radius 3 is 2.71 bits per heavy atom. The summed E-state index contributed by atoms with van der Waals surface area (Å²) in [7, 11) is 0. The summed E-state index contributed by atoms with van der Waals surface area (Å²) < 4.78 is 18.1. The van der Waals surface area contributed by atoms with E-state index in [1.165, 1.54) is 4.90 Å². The number of fused-ring (bicyclic) bond motifs is 1. The van der Waals surface area contributed by atoms with Gasteiger partial charge in [-0.2, -0.15) is 0 Å². The van der Waals surface area contributed by atoms with Gasteiger partial charge in [0.15, 0.2) is 11.6 Å². The Kier molecular flexibility index (Phi) is 4.91. The van der Waals surface area contributed by atoms with E-state index < -0.39 is 11.7 Å². The molecule has 8 heteroatoms. The number of nitrogens with zero attached hydrogens (tertiary/aromatic N) is 2. The van der Waals surface area contributed by atoms with E-state index in [2.05, 4.69) is 20.9 Å². The van der Waals surface area contributed by atoms with Crippen LogP contribution in [0.5, 0.6) is 11.5 Å². The smallest absolute Gasteiger partial charge is 0.416 e. The molecular formula is C20H20BrClN2O4. The lowest BCUT2D eigenvalue weighted by Gasteiger charge is -2.28. The van der Waals surface area contributed by atoms with E-state index in [0.29, 0.717) is 29.3 Å². The molecule has 0 saturated heterocycles. The second-order valence-electron chi connectivity index (χ2n) is 7.80. The van der Waals surface area contributed by atoms with Gasteiger partial charge >= 0.3 is 6.09 Å². The Balaban J connectivity index is 1.85. The molecule has 0 N–H and O–H groups in total. The third-order valence-electron chi connectivity index (χ3n) is 4.52. The second kappa shape index (κ2) is 7.12. The maximum atomic E-state index is 13.1. The predicted octanol–water partition coefficient (Wildman–Crippen LogP) is 5.31. The highest BCUT2D eigenvalue weighted by Gasteiger charge is 2.34. The lowest BCUT2D eigenvalue weighted by molar-refractivity contribution is 0.0575. The molecule has 0 unspecified atom stereocenters. The van der Waals surface area contributed by atoms with Crippen LogP contribution in [0.2, 0.25) is 5.15 Å². The van der Waals surface area contributed by atoms with Gasteiger partial charge in [-0.3, -0.25) is 4.90 Å². The largest absolute Gasteiger partial charge is 0.493 e. The van der Waals surface area contributed by atoms with Crippen molar-refractivity contribution in [2.75, 3.05) is 18.1 Å². The summed E-state index contributed by atoms with van der Waals surface area (Å²) in [6, 6.07) is 7.58. The molecule has 3 heterocycles. The monoisotopic (exact) mass is 466 g/mol. The number of hydrogen-bond acceptors (Lipinski definition) is 5. The molecule has 0 saturated carbocycles. The minimum atomic E-state index is -0.653. The Morgan fingerprint density at radius 1 is 1.29 bits per heavy atom. The first-order valence-corrected chi connectivity index (χ1v) is 10.1. The molecule has 28 heavy (non-hydrogen) atoms. The zero-order chi connectivity index (χ0) is 20.1. The Bertz CT molecular complexity index is 945. The summed E-state index contributed by atoms with van der Waals surface area (Å²) in [5.41, 5.74) is 1.39. The van der Waals surface area contributed by atoms with Crippen molar-refractivity contribution in [1.82, 2.24) is 4.98 Å². The summed E-state index contributed by atoms with van der Waals surface area (Å²) in [6.07, 6.45) is -0.516. The topological polar surface area (TPSA) is 60.9 Å². The fourth-order valence-corrected chi connectivity index (χ4v) is 3.80. The van der Waals surface area contributed by atoms with Gasteiger partial charge in [-0.25, -0.2) is 9.78 Å². The molecule has 1 aromatic heterocycles. The van der Waals surface area contributed by atoms with Gasteiger partial charge in [-0.15, -0.1) is 0 Å². The fraction of sp³-hybridized carbons (Fsp3) is 0.400. The molecule has 1 atom stereocenters. The van der Waals surface area contributed by atoms with E-state index in [0.717, 1.165) is 16.9 Å². The predicted molar refractivity (Wildman–Crippen MR) is 110 cm³/mol. The number of halogens is 2. The molecule has 2 aromatic rings. The van der Waals surface area contributed by atoms with Crippen LogP contribution in [-0.4, -0.2) is 29.9 Å². The summed E-state index contributed by atoms with van der Waals surface area (Å²) in [4.78, 5) is 18.9. The summed E-state index contributed by atoms with van der Waals surface area (Å²) in [5.74, 6) is 1.70. The number of benzene rings is 1. The van der Waals surface area contributed by atoms with Crippen molar-refractivity contribution in [2.24, 2.45) is 0 Å². The lowest BCUT2D eigenvalue weighted by atomic mass is 9.96. The van der Waals surface area contributed by atoms with Crippen molar-refractivity contribution in [3.05, 3.63) is 45.0 Å². The summed E-state index contributed by atoms with van der Waals surface area (Å²) in [6.45, 7) is 6.70. The number of rotatable bonds is 0. The van der Waals surface area contributed by atoms with Crippen LogP contribution in [0.25, 0.3) is 0 Å². The van der Waals surface area contributed by atoms with Crippen molar-refractivity contribution in [1.29, 1.82) is 0 Å². The average molecular weight is 468 g/mol. The average Bonchev–Trinajstić information content (AvgIpc) is 3.04. The van der Waals surface area contributed by atoms with Crippen LogP contribution in [0.1, 0.15) is 37.8 Å². The molecule has 6 nitrogen and oxygen atoms in total. The van der Waals surface area contributed by atoms with Crippen LogP contribution >= 0.6 is 27.5 Å². The van der Waals surface area contributed by atoms with Gasteiger partial charge in [0, 0.05) is 11.6 Å². The van der Waals surface area contributed by atoms with Crippen molar-refractivity contribution in [3.8, 4) is 11.5 Å². The Labute approximate surface area is 176 Å². The van der Waals surface area contributed by atoms with Crippen LogP contribution in [0.3, 0.4) is 0 Å². The van der Waals surface area contributed by atoms with Gasteiger partial charge in [0.25, 0.3) is 0 Å². The number of aromatic nitrogens is 1. The first-order valence-electron chi connectivity index (χ1n) is 8.97. The first kappa shape index (κ1) is 19.3. The minimum Gasteiger partial charge on any atom is -0.493 e. The number of hydrogen-bond donors (Lipinski definition) is 0. The van der Waals surface area contributed by atoms with Crippen molar-refractivity contribution < 1.29 is 19.0 Å². The van der Waals surface area contributed by atoms with E-state index >= 15 is 0 Å². The van der Waals surface area contributed by atoms with Crippen molar-refractivity contribution >= 4 is 39.4 Å². The third kappa shape index (κ3) is 3.65. The molecular weight excluding hydrogens is 448 g/mol. The number of amides is 1. The molecule has 2 aliphatic rings. The van der Waals surface area contributed by atoms with Gasteiger partial charge < -0.3 is 14.2 Å². The normalized spacial score (nSPS) is 18.0. The zero-order valence-electron chi connectivity index (χ0n) is 15.8. The highest BCUT2D eigenvalue weighted by atomic mass is 79.9. The van der Waals surface area contributed by atoms with Gasteiger partial charge in [-0.05, 0) is 48.3 Å². The van der Waals surface area contributed by atoms with E-state index in [1.807, 2.05) is 39.0 Å². The molecule has 0 radical (unpaired) electrons. The SMILES string of the molecule is CC(C)(C)OC(=O)N1Cc2cccc3c2[C@@H](COc2cc(Br)c(Cl)nc21)CO3. The van der Waals surface area contributed by atoms with Gasteiger partial charge in [0.05, 0.1) is 30.1 Å².